The number of carboxylic acids is 1. The molecule has 2 amide bonds. The van der Waals surface area contributed by atoms with Crippen molar-refractivity contribution in [3.05, 3.63) is 0 Å². The molecule has 2 N–H and O–H groups in total. The summed E-state index contributed by atoms with van der Waals surface area (Å²) in [5.74, 6) is -0.774. The zero-order valence-electron chi connectivity index (χ0n) is 11.0. The van der Waals surface area contributed by atoms with Crippen LogP contribution in [0.4, 0.5) is 4.79 Å². The Morgan fingerprint density at radius 3 is 2.63 bits per heavy atom. The number of urea groups is 1. The summed E-state index contributed by atoms with van der Waals surface area (Å²) in [7, 11) is 0. The molecule has 106 valence electrons. The normalized spacial score (nSPS) is 28.8. The lowest BCUT2D eigenvalue weighted by atomic mass is 10.1. The van der Waals surface area contributed by atoms with Crippen LogP contribution in [0.15, 0.2) is 0 Å². The standard InChI is InChI=1S/C13H21N3O3/c17-12(18)11(9-3-4-9)14-13(19)16-7-6-15-5-1-2-10(15)8-16/h9-11H,1-8H2,(H,14,19)(H,17,18). The number of fused-ring (bicyclic) bond motifs is 1. The highest BCUT2D eigenvalue weighted by atomic mass is 16.4. The Morgan fingerprint density at radius 2 is 1.95 bits per heavy atom. The lowest BCUT2D eigenvalue weighted by molar-refractivity contribution is -0.139. The maximum atomic E-state index is 12.2. The van der Waals surface area contributed by atoms with Crippen molar-refractivity contribution in [2.24, 2.45) is 5.92 Å². The highest BCUT2D eigenvalue weighted by molar-refractivity contribution is 5.83. The van der Waals surface area contributed by atoms with E-state index >= 15 is 0 Å². The fraction of sp³-hybridized carbons (Fsp3) is 0.846. The van der Waals surface area contributed by atoms with Crippen LogP contribution in [-0.2, 0) is 4.79 Å². The zero-order chi connectivity index (χ0) is 13.4. The first kappa shape index (κ1) is 12.7. The molecule has 0 bridgehead atoms. The molecule has 3 rings (SSSR count). The summed E-state index contributed by atoms with van der Waals surface area (Å²) >= 11 is 0. The van der Waals surface area contributed by atoms with Crippen LogP contribution in [0.2, 0.25) is 0 Å². The highest BCUT2D eigenvalue weighted by Crippen LogP contribution is 2.33. The molecule has 2 unspecified atom stereocenters. The average molecular weight is 267 g/mol. The fourth-order valence-electron chi connectivity index (χ4n) is 3.21. The maximum Gasteiger partial charge on any atom is 0.326 e. The van der Waals surface area contributed by atoms with Gasteiger partial charge in [0.2, 0.25) is 0 Å². The van der Waals surface area contributed by atoms with Gasteiger partial charge in [-0.1, -0.05) is 0 Å². The van der Waals surface area contributed by atoms with Gasteiger partial charge in [-0.05, 0) is 38.1 Å². The molecule has 0 spiro atoms. The molecule has 0 aromatic rings. The van der Waals surface area contributed by atoms with Gasteiger partial charge in [0.1, 0.15) is 6.04 Å². The number of carboxylic acid groups (broad SMARTS) is 1. The number of nitrogens with one attached hydrogen (secondary N) is 1. The van der Waals surface area contributed by atoms with E-state index in [0.29, 0.717) is 12.6 Å². The lowest BCUT2D eigenvalue weighted by Crippen LogP contribution is -2.57. The number of hydrogen-bond acceptors (Lipinski definition) is 3. The fourth-order valence-corrected chi connectivity index (χ4v) is 3.21. The van der Waals surface area contributed by atoms with Gasteiger partial charge < -0.3 is 15.3 Å². The van der Waals surface area contributed by atoms with Crippen molar-refractivity contribution in [3.8, 4) is 0 Å². The Balaban J connectivity index is 1.56. The second-order valence-corrected chi connectivity index (χ2v) is 5.88. The van der Waals surface area contributed by atoms with Crippen LogP contribution in [0.1, 0.15) is 25.7 Å². The van der Waals surface area contributed by atoms with Gasteiger partial charge in [-0.15, -0.1) is 0 Å². The number of rotatable bonds is 3. The molecule has 2 atom stereocenters. The summed E-state index contributed by atoms with van der Waals surface area (Å²) < 4.78 is 0. The topological polar surface area (TPSA) is 72.9 Å². The zero-order valence-corrected chi connectivity index (χ0v) is 11.0. The second-order valence-electron chi connectivity index (χ2n) is 5.88. The summed E-state index contributed by atoms with van der Waals surface area (Å²) in [5, 5.41) is 11.8. The minimum Gasteiger partial charge on any atom is -0.480 e. The molecule has 0 aromatic carbocycles. The molecule has 19 heavy (non-hydrogen) atoms. The molecule has 2 saturated heterocycles. The summed E-state index contributed by atoms with van der Waals surface area (Å²) in [6.07, 6.45) is 4.18. The molecule has 0 radical (unpaired) electrons. The molecule has 2 heterocycles. The number of carbonyl (C=O) groups is 2. The van der Waals surface area contributed by atoms with Crippen LogP contribution in [0.3, 0.4) is 0 Å². The maximum absolute atomic E-state index is 12.2. The largest absolute Gasteiger partial charge is 0.480 e. The lowest BCUT2D eigenvalue weighted by Gasteiger charge is -2.37. The van der Waals surface area contributed by atoms with Gasteiger partial charge in [-0.25, -0.2) is 9.59 Å². The molecule has 6 nitrogen and oxygen atoms in total. The van der Waals surface area contributed by atoms with Crippen molar-refractivity contribution in [2.75, 3.05) is 26.2 Å². The van der Waals surface area contributed by atoms with Crippen molar-refractivity contribution in [3.63, 3.8) is 0 Å². The van der Waals surface area contributed by atoms with Crippen molar-refractivity contribution in [2.45, 2.75) is 37.8 Å². The predicted molar refractivity (Wildman–Crippen MR) is 68.8 cm³/mol. The molecule has 1 saturated carbocycles. The SMILES string of the molecule is O=C(O)C(NC(=O)N1CCN2CCCC2C1)C1CC1. The van der Waals surface area contributed by atoms with Gasteiger partial charge in [-0.3, -0.25) is 4.90 Å². The Morgan fingerprint density at radius 1 is 1.16 bits per heavy atom. The van der Waals surface area contributed by atoms with Crippen LogP contribution in [0.5, 0.6) is 0 Å². The van der Waals surface area contributed by atoms with Crippen molar-refractivity contribution in [1.82, 2.24) is 15.1 Å². The Hall–Kier alpha value is -1.30. The number of amides is 2. The first-order chi connectivity index (χ1) is 9.15. The second kappa shape index (κ2) is 5.00. The smallest absolute Gasteiger partial charge is 0.326 e. The molecular weight excluding hydrogens is 246 g/mol. The summed E-state index contributed by atoms with van der Waals surface area (Å²) in [6.45, 7) is 3.50. The third kappa shape index (κ3) is 2.68. The summed E-state index contributed by atoms with van der Waals surface area (Å²) in [6, 6.07) is -0.427. The number of piperazine rings is 1. The summed E-state index contributed by atoms with van der Waals surface area (Å²) in [4.78, 5) is 27.5. The molecule has 2 aliphatic heterocycles. The van der Waals surface area contributed by atoms with E-state index in [4.69, 9.17) is 5.11 Å². The molecule has 3 fully saturated rings. The van der Waals surface area contributed by atoms with Gasteiger partial charge in [0.05, 0.1) is 0 Å². The number of hydrogen-bond donors (Lipinski definition) is 2. The monoisotopic (exact) mass is 267 g/mol. The third-order valence-electron chi connectivity index (χ3n) is 4.51. The van der Waals surface area contributed by atoms with E-state index in [-0.39, 0.29) is 11.9 Å². The van der Waals surface area contributed by atoms with Crippen LogP contribution in [0.25, 0.3) is 0 Å². The van der Waals surface area contributed by atoms with Crippen molar-refractivity contribution in [1.29, 1.82) is 0 Å². The predicted octanol–water partition coefficient (Wildman–Crippen LogP) is 0.339. The van der Waals surface area contributed by atoms with E-state index in [2.05, 4.69) is 10.2 Å². The van der Waals surface area contributed by atoms with E-state index in [9.17, 15) is 9.59 Å². The quantitative estimate of drug-likeness (QED) is 0.773. The number of carbonyl (C=O) groups excluding carboxylic acids is 1. The molecule has 6 heteroatoms. The minimum atomic E-state index is -0.907. The van der Waals surface area contributed by atoms with Gasteiger partial charge >= 0.3 is 12.0 Å². The van der Waals surface area contributed by atoms with E-state index in [1.54, 1.807) is 4.90 Å². The van der Waals surface area contributed by atoms with Crippen LogP contribution < -0.4 is 5.32 Å². The van der Waals surface area contributed by atoms with Crippen molar-refractivity contribution >= 4 is 12.0 Å². The Labute approximate surface area is 112 Å². The molecule has 3 aliphatic rings. The average Bonchev–Trinajstić information content (AvgIpc) is 3.11. The Bertz CT molecular complexity index is 383. The van der Waals surface area contributed by atoms with Gasteiger partial charge in [0.25, 0.3) is 0 Å². The summed E-state index contributed by atoms with van der Waals surface area (Å²) in [5.41, 5.74) is 0. The van der Waals surface area contributed by atoms with E-state index in [1.807, 2.05) is 0 Å². The number of aliphatic carboxylic acids is 1. The number of nitrogens with zero attached hydrogens (tertiary/aromatic N) is 2. The van der Waals surface area contributed by atoms with E-state index < -0.39 is 12.0 Å². The molecule has 1 aliphatic carbocycles. The highest BCUT2D eigenvalue weighted by Gasteiger charge is 2.39. The van der Waals surface area contributed by atoms with E-state index in [0.717, 1.165) is 38.9 Å². The minimum absolute atomic E-state index is 0.134. The first-order valence-corrected chi connectivity index (χ1v) is 7.17. The Kier molecular flexibility index (Phi) is 3.35. The van der Waals surface area contributed by atoms with Crippen molar-refractivity contribution < 1.29 is 14.7 Å². The van der Waals surface area contributed by atoms with Gasteiger partial charge in [-0.2, -0.15) is 0 Å². The van der Waals surface area contributed by atoms with E-state index in [1.165, 1.54) is 6.42 Å². The first-order valence-electron chi connectivity index (χ1n) is 7.17. The molecule has 0 aromatic heterocycles. The van der Waals surface area contributed by atoms with Crippen LogP contribution >= 0.6 is 0 Å². The van der Waals surface area contributed by atoms with Gasteiger partial charge in [0.15, 0.2) is 0 Å². The van der Waals surface area contributed by atoms with Gasteiger partial charge in [0, 0.05) is 25.7 Å². The molecular formula is C13H21N3O3. The van der Waals surface area contributed by atoms with Crippen LogP contribution in [0, 0.1) is 5.92 Å². The third-order valence-corrected chi connectivity index (χ3v) is 4.51. The van der Waals surface area contributed by atoms with Crippen LogP contribution in [-0.4, -0.2) is 65.2 Å².